The van der Waals surface area contributed by atoms with Crippen molar-refractivity contribution < 1.29 is 13.6 Å². The molecule has 1 aliphatic heterocycles. The molecule has 7 heteroatoms. The highest BCUT2D eigenvalue weighted by Gasteiger charge is 2.37. The van der Waals surface area contributed by atoms with E-state index >= 15 is 0 Å². The number of halogens is 1. The second-order valence-corrected chi connectivity index (χ2v) is 6.52. The number of alkyl halides is 1. The first-order valence-corrected chi connectivity index (χ1v) is 8.18. The normalized spacial score (nSPS) is 19.5. The first-order valence-electron chi connectivity index (χ1n) is 8.18. The number of fused-ring (bicyclic) bond motifs is 1. The fraction of sp³-hybridized carbons (Fsp3) is 0.529. The molecule has 130 valence electrons. The number of nitrogens with one attached hydrogen (secondary N) is 2. The number of piperazine rings is 1. The van der Waals surface area contributed by atoms with E-state index in [1.807, 2.05) is 12.1 Å². The smallest absolute Gasteiger partial charge is 0.238 e. The van der Waals surface area contributed by atoms with Crippen LogP contribution in [0.4, 0.5) is 4.39 Å². The minimum Gasteiger partial charge on any atom is -0.459 e. The van der Waals surface area contributed by atoms with Gasteiger partial charge in [0.1, 0.15) is 18.0 Å². The van der Waals surface area contributed by atoms with Gasteiger partial charge in [0.25, 0.3) is 0 Å². The number of nitrogens with zero attached hydrogens (tertiary/aromatic N) is 2. The molecule has 2 aromatic heterocycles. The first-order chi connectivity index (χ1) is 11.5. The van der Waals surface area contributed by atoms with Crippen molar-refractivity contribution in [3.05, 3.63) is 30.3 Å². The van der Waals surface area contributed by atoms with Crippen LogP contribution in [-0.2, 0) is 10.3 Å². The minimum absolute atomic E-state index is 0.0526. The molecule has 3 rings (SSSR count). The molecule has 0 spiro atoms. The van der Waals surface area contributed by atoms with Crippen LogP contribution in [0, 0.1) is 0 Å². The van der Waals surface area contributed by atoms with Crippen LogP contribution in [0.2, 0.25) is 0 Å². The summed E-state index contributed by atoms with van der Waals surface area (Å²) in [6.07, 6.45) is 3.49. The van der Waals surface area contributed by atoms with E-state index in [9.17, 15) is 9.18 Å². The van der Waals surface area contributed by atoms with Gasteiger partial charge in [-0.15, -0.1) is 0 Å². The summed E-state index contributed by atoms with van der Waals surface area (Å²) < 4.78 is 18.2. The van der Waals surface area contributed by atoms with Crippen molar-refractivity contribution in [3.63, 3.8) is 0 Å². The van der Waals surface area contributed by atoms with Crippen LogP contribution in [0.15, 0.2) is 28.9 Å². The topological polar surface area (TPSA) is 70.4 Å². The summed E-state index contributed by atoms with van der Waals surface area (Å²) in [4.78, 5) is 18.4. The summed E-state index contributed by atoms with van der Waals surface area (Å²) in [7, 11) is 0. The van der Waals surface area contributed by atoms with Crippen molar-refractivity contribution in [3.8, 4) is 0 Å². The van der Waals surface area contributed by atoms with Crippen LogP contribution in [-0.4, -0.2) is 54.7 Å². The quantitative estimate of drug-likeness (QED) is 0.865. The molecule has 0 radical (unpaired) electrons. The highest BCUT2D eigenvalue weighted by atomic mass is 19.1. The van der Waals surface area contributed by atoms with Gasteiger partial charge in [0, 0.05) is 44.0 Å². The molecule has 2 aromatic rings. The van der Waals surface area contributed by atoms with Crippen LogP contribution in [0.25, 0.3) is 11.0 Å². The Labute approximate surface area is 140 Å². The zero-order chi connectivity index (χ0) is 17.2. The summed E-state index contributed by atoms with van der Waals surface area (Å²) >= 11 is 0. The van der Waals surface area contributed by atoms with Gasteiger partial charge in [-0.2, -0.15) is 0 Å². The number of aromatic nitrogens is 1. The van der Waals surface area contributed by atoms with Crippen molar-refractivity contribution in [2.75, 3.05) is 32.9 Å². The van der Waals surface area contributed by atoms with Gasteiger partial charge in [-0.3, -0.25) is 14.7 Å². The Bertz CT molecular complexity index is 682. The van der Waals surface area contributed by atoms with E-state index in [0.717, 1.165) is 23.3 Å². The van der Waals surface area contributed by atoms with Crippen LogP contribution in [0.5, 0.6) is 0 Å². The fourth-order valence-corrected chi connectivity index (χ4v) is 3.07. The highest BCUT2D eigenvalue weighted by Crippen LogP contribution is 2.32. The predicted molar refractivity (Wildman–Crippen MR) is 89.4 cm³/mol. The molecule has 1 fully saturated rings. The first kappa shape index (κ1) is 16.9. The van der Waals surface area contributed by atoms with Crippen molar-refractivity contribution in [1.82, 2.24) is 20.5 Å². The SMILES string of the molecule is CC(C)(c1cc2cnccc2o1)N1CCNC(C(=O)NCCF)C1. The molecule has 1 aliphatic rings. The highest BCUT2D eigenvalue weighted by molar-refractivity contribution is 5.82. The third-order valence-corrected chi connectivity index (χ3v) is 4.60. The Morgan fingerprint density at radius 1 is 1.58 bits per heavy atom. The van der Waals surface area contributed by atoms with Crippen LogP contribution in [0.1, 0.15) is 19.6 Å². The Morgan fingerprint density at radius 3 is 3.17 bits per heavy atom. The van der Waals surface area contributed by atoms with Crippen LogP contribution >= 0.6 is 0 Å². The molecule has 1 atom stereocenters. The standard InChI is InChI=1S/C17H23FN4O2/c1-17(2,15-9-12-10-19-5-3-14(12)24-15)22-8-7-20-13(11-22)16(23)21-6-4-18/h3,5,9-10,13,20H,4,6-8,11H2,1-2H3,(H,21,23). The Hall–Kier alpha value is -1.99. The van der Waals surface area contributed by atoms with E-state index in [1.165, 1.54) is 0 Å². The number of hydrogen-bond acceptors (Lipinski definition) is 5. The zero-order valence-electron chi connectivity index (χ0n) is 14.0. The van der Waals surface area contributed by atoms with E-state index in [0.29, 0.717) is 13.1 Å². The van der Waals surface area contributed by atoms with Gasteiger partial charge in [-0.1, -0.05) is 0 Å². The zero-order valence-corrected chi connectivity index (χ0v) is 14.0. The Morgan fingerprint density at radius 2 is 2.42 bits per heavy atom. The van der Waals surface area contributed by atoms with Crippen molar-refractivity contribution in [1.29, 1.82) is 0 Å². The average Bonchev–Trinajstić information content (AvgIpc) is 3.04. The van der Waals surface area contributed by atoms with E-state index in [2.05, 4.69) is 34.4 Å². The maximum absolute atomic E-state index is 12.2. The molecule has 0 aromatic carbocycles. The summed E-state index contributed by atoms with van der Waals surface area (Å²) in [5.74, 6) is 0.678. The second kappa shape index (κ2) is 6.86. The summed E-state index contributed by atoms with van der Waals surface area (Å²) in [6, 6.07) is 3.50. The maximum atomic E-state index is 12.2. The number of amides is 1. The molecule has 6 nitrogen and oxygen atoms in total. The van der Waals surface area contributed by atoms with Gasteiger partial charge < -0.3 is 15.1 Å². The fourth-order valence-electron chi connectivity index (χ4n) is 3.07. The molecule has 0 saturated carbocycles. The van der Waals surface area contributed by atoms with Gasteiger partial charge in [0.2, 0.25) is 5.91 Å². The monoisotopic (exact) mass is 334 g/mol. The number of rotatable bonds is 5. The van der Waals surface area contributed by atoms with Gasteiger partial charge in [0.05, 0.1) is 11.6 Å². The largest absolute Gasteiger partial charge is 0.459 e. The number of carbonyl (C=O) groups excluding carboxylic acids is 1. The van der Waals surface area contributed by atoms with Crippen molar-refractivity contribution in [2.24, 2.45) is 0 Å². The van der Waals surface area contributed by atoms with Gasteiger partial charge >= 0.3 is 0 Å². The van der Waals surface area contributed by atoms with Crippen LogP contribution in [0.3, 0.4) is 0 Å². The lowest BCUT2D eigenvalue weighted by atomic mass is 9.96. The van der Waals surface area contributed by atoms with Gasteiger partial charge in [-0.05, 0) is 26.0 Å². The third kappa shape index (κ3) is 3.27. The number of carbonyl (C=O) groups is 1. The molecule has 2 N–H and O–H groups in total. The van der Waals surface area contributed by atoms with Crippen molar-refractivity contribution >= 4 is 16.9 Å². The second-order valence-electron chi connectivity index (χ2n) is 6.52. The predicted octanol–water partition coefficient (Wildman–Crippen LogP) is 1.42. The molecule has 1 saturated heterocycles. The molecular formula is C17H23FN4O2. The third-order valence-electron chi connectivity index (χ3n) is 4.60. The average molecular weight is 334 g/mol. The lowest BCUT2D eigenvalue weighted by Crippen LogP contribution is -2.60. The molecule has 0 bridgehead atoms. The Kier molecular flexibility index (Phi) is 4.82. The van der Waals surface area contributed by atoms with Gasteiger partial charge in [-0.25, -0.2) is 4.39 Å². The van der Waals surface area contributed by atoms with E-state index in [-0.39, 0.29) is 24.0 Å². The number of furan rings is 1. The molecule has 1 unspecified atom stereocenters. The van der Waals surface area contributed by atoms with E-state index < -0.39 is 6.67 Å². The van der Waals surface area contributed by atoms with Crippen molar-refractivity contribution in [2.45, 2.75) is 25.4 Å². The van der Waals surface area contributed by atoms with Crippen LogP contribution < -0.4 is 10.6 Å². The summed E-state index contributed by atoms with van der Waals surface area (Å²) in [5.41, 5.74) is 0.445. The van der Waals surface area contributed by atoms with Gasteiger partial charge in [0.15, 0.2) is 0 Å². The number of hydrogen-bond donors (Lipinski definition) is 2. The molecule has 1 amide bonds. The van der Waals surface area contributed by atoms with E-state index in [4.69, 9.17) is 4.42 Å². The molecule has 0 aliphatic carbocycles. The molecular weight excluding hydrogens is 311 g/mol. The Balaban J connectivity index is 1.77. The molecule has 3 heterocycles. The van der Waals surface area contributed by atoms with E-state index in [1.54, 1.807) is 12.4 Å². The summed E-state index contributed by atoms with van der Waals surface area (Å²) in [5, 5.41) is 6.76. The summed E-state index contributed by atoms with van der Waals surface area (Å²) in [6.45, 7) is 5.70. The molecule has 24 heavy (non-hydrogen) atoms. The maximum Gasteiger partial charge on any atom is 0.238 e. The lowest BCUT2D eigenvalue weighted by molar-refractivity contribution is -0.125. The lowest BCUT2D eigenvalue weighted by Gasteiger charge is -2.42. The number of pyridine rings is 1. The minimum atomic E-state index is -0.555.